The van der Waals surface area contributed by atoms with Gasteiger partial charge < -0.3 is 11.1 Å². The molecule has 0 unspecified atom stereocenters. The van der Waals surface area contributed by atoms with Crippen LogP contribution in [0.5, 0.6) is 0 Å². The van der Waals surface area contributed by atoms with E-state index in [2.05, 4.69) is 26.1 Å². The zero-order valence-corrected chi connectivity index (χ0v) is 9.11. The van der Waals surface area contributed by atoms with Crippen molar-refractivity contribution in [1.29, 1.82) is 5.41 Å². The van der Waals surface area contributed by atoms with Crippen molar-refractivity contribution in [3.63, 3.8) is 0 Å². The highest BCUT2D eigenvalue weighted by molar-refractivity contribution is 5.76. The molecule has 0 atom stereocenters. The summed E-state index contributed by atoms with van der Waals surface area (Å²) in [6.45, 7) is 8.73. The van der Waals surface area contributed by atoms with Crippen molar-refractivity contribution in [2.24, 2.45) is 11.1 Å². The molecule has 0 saturated carbocycles. The van der Waals surface area contributed by atoms with Crippen LogP contribution in [0.25, 0.3) is 0 Å². The topological polar surface area (TPSA) is 61.9 Å². The maximum Gasteiger partial charge on any atom is 0.0905 e. The van der Waals surface area contributed by atoms with Crippen LogP contribution in [0.1, 0.15) is 40.0 Å². The molecular formula is C10H23N3. The van der Waals surface area contributed by atoms with Crippen LogP contribution in [-0.2, 0) is 0 Å². The molecule has 0 bridgehead atoms. The van der Waals surface area contributed by atoms with Gasteiger partial charge in [-0.1, -0.05) is 20.8 Å². The Bertz CT molecular complexity index is 147. The molecule has 0 saturated heterocycles. The van der Waals surface area contributed by atoms with Gasteiger partial charge in [0.1, 0.15) is 0 Å². The maximum absolute atomic E-state index is 7.03. The lowest BCUT2D eigenvalue weighted by Gasteiger charge is -2.18. The molecule has 0 amide bonds. The van der Waals surface area contributed by atoms with E-state index < -0.39 is 0 Å². The monoisotopic (exact) mass is 185 g/mol. The van der Waals surface area contributed by atoms with E-state index in [1.54, 1.807) is 0 Å². The summed E-state index contributed by atoms with van der Waals surface area (Å²) in [6.07, 6.45) is 2.86. The first-order valence-corrected chi connectivity index (χ1v) is 4.95. The van der Waals surface area contributed by atoms with Gasteiger partial charge in [0, 0.05) is 6.42 Å². The van der Waals surface area contributed by atoms with Gasteiger partial charge in [-0.3, -0.25) is 5.41 Å². The van der Waals surface area contributed by atoms with Crippen LogP contribution in [0.2, 0.25) is 0 Å². The van der Waals surface area contributed by atoms with Crippen molar-refractivity contribution in [2.45, 2.75) is 40.0 Å². The molecule has 0 aliphatic rings. The first-order chi connectivity index (χ1) is 5.92. The fraction of sp³-hybridized carbons (Fsp3) is 0.900. The summed E-state index contributed by atoms with van der Waals surface area (Å²) in [7, 11) is 0. The van der Waals surface area contributed by atoms with Crippen LogP contribution in [0.4, 0.5) is 0 Å². The fourth-order valence-electron chi connectivity index (χ4n) is 1.03. The van der Waals surface area contributed by atoms with Crippen molar-refractivity contribution in [1.82, 2.24) is 5.32 Å². The minimum absolute atomic E-state index is 0.302. The second-order valence-electron chi connectivity index (χ2n) is 4.72. The van der Waals surface area contributed by atoms with Crippen LogP contribution in [0, 0.1) is 10.8 Å². The lowest BCUT2D eigenvalue weighted by atomic mass is 9.97. The molecule has 0 rings (SSSR count). The van der Waals surface area contributed by atoms with Gasteiger partial charge in [-0.25, -0.2) is 0 Å². The molecule has 0 aromatic rings. The molecule has 0 spiro atoms. The number of unbranched alkanes of at least 4 members (excludes halogenated alkanes) is 1. The normalized spacial score (nSPS) is 11.6. The Morgan fingerprint density at radius 3 is 2.38 bits per heavy atom. The predicted octanol–water partition coefficient (Wildman–Crippen LogP) is 1.73. The van der Waals surface area contributed by atoms with E-state index in [9.17, 15) is 0 Å². The molecule has 0 aliphatic heterocycles. The van der Waals surface area contributed by atoms with E-state index in [0.29, 0.717) is 11.3 Å². The van der Waals surface area contributed by atoms with E-state index in [1.807, 2.05) is 0 Å². The Morgan fingerprint density at radius 2 is 1.92 bits per heavy atom. The Hall–Kier alpha value is -0.570. The third kappa shape index (κ3) is 11.4. The smallest absolute Gasteiger partial charge is 0.0905 e. The Morgan fingerprint density at radius 1 is 1.31 bits per heavy atom. The first-order valence-electron chi connectivity index (χ1n) is 4.95. The van der Waals surface area contributed by atoms with Crippen molar-refractivity contribution >= 4 is 5.84 Å². The number of rotatable bonds is 6. The van der Waals surface area contributed by atoms with E-state index in [1.165, 1.54) is 0 Å². The predicted molar refractivity (Wildman–Crippen MR) is 58.1 cm³/mol. The Labute approximate surface area is 81.6 Å². The van der Waals surface area contributed by atoms with Gasteiger partial charge in [0.15, 0.2) is 0 Å². The second-order valence-corrected chi connectivity index (χ2v) is 4.72. The average Bonchev–Trinajstić information content (AvgIpc) is 1.93. The van der Waals surface area contributed by atoms with Gasteiger partial charge in [0.25, 0.3) is 0 Å². The minimum Gasteiger partial charge on any atom is -0.388 e. The number of hydrogen-bond acceptors (Lipinski definition) is 2. The molecule has 0 fully saturated rings. The van der Waals surface area contributed by atoms with Crippen molar-refractivity contribution in [2.75, 3.05) is 13.1 Å². The number of hydrogen-bond donors (Lipinski definition) is 3. The first kappa shape index (κ1) is 12.4. The third-order valence-electron chi connectivity index (χ3n) is 1.70. The van der Waals surface area contributed by atoms with Crippen molar-refractivity contribution in [3.05, 3.63) is 0 Å². The Kier molecular flexibility index (Phi) is 5.71. The van der Waals surface area contributed by atoms with Crippen LogP contribution >= 0.6 is 0 Å². The van der Waals surface area contributed by atoms with Gasteiger partial charge in [-0.2, -0.15) is 0 Å². The minimum atomic E-state index is 0.302. The van der Waals surface area contributed by atoms with Gasteiger partial charge >= 0.3 is 0 Å². The summed E-state index contributed by atoms with van der Waals surface area (Å²) in [4.78, 5) is 0. The summed E-state index contributed by atoms with van der Waals surface area (Å²) in [6, 6.07) is 0. The average molecular weight is 185 g/mol. The molecular weight excluding hydrogens is 162 g/mol. The lowest BCUT2D eigenvalue weighted by Crippen LogP contribution is -2.27. The maximum atomic E-state index is 7.03. The molecule has 0 aromatic heterocycles. The van der Waals surface area contributed by atoms with E-state index in [0.717, 1.165) is 32.4 Å². The summed E-state index contributed by atoms with van der Waals surface area (Å²) in [5.41, 5.74) is 5.60. The van der Waals surface area contributed by atoms with Crippen LogP contribution in [0.15, 0.2) is 0 Å². The molecule has 0 heterocycles. The molecule has 4 N–H and O–H groups in total. The highest BCUT2D eigenvalue weighted by Crippen LogP contribution is 2.10. The molecule has 3 heteroatoms. The highest BCUT2D eigenvalue weighted by Gasteiger charge is 2.07. The molecule has 0 aliphatic carbocycles. The van der Waals surface area contributed by atoms with Gasteiger partial charge in [-0.15, -0.1) is 0 Å². The summed E-state index contributed by atoms with van der Waals surface area (Å²) in [5, 5.41) is 10.4. The summed E-state index contributed by atoms with van der Waals surface area (Å²) < 4.78 is 0. The summed E-state index contributed by atoms with van der Waals surface area (Å²) in [5.74, 6) is 0.302. The zero-order valence-electron chi connectivity index (χ0n) is 9.11. The van der Waals surface area contributed by atoms with E-state index in [-0.39, 0.29) is 0 Å². The van der Waals surface area contributed by atoms with E-state index in [4.69, 9.17) is 11.1 Å². The van der Waals surface area contributed by atoms with Crippen LogP contribution < -0.4 is 11.1 Å². The fourth-order valence-corrected chi connectivity index (χ4v) is 1.03. The van der Waals surface area contributed by atoms with Gasteiger partial charge in [-0.05, 0) is 31.3 Å². The van der Waals surface area contributed by atoms with Gasteiger partial charge in [0.2, 0.25) is 0 Å². The number of nitrogens with one attached hydrogen (secondary N) is 2. The zero-order chi connectivity index (χ0) is 10.3. The van der Waals surface area contributed by atoms with Gasteiger partial charge in [0.05, 0.1) is 5.84 Å². The molecule has 13 heavy (non-hydrogen) atoms. The lowest BCUT2D eigenvalue weighted by molar-refractivity contribution is 0.378. The Balaban J connectivity index is 3.13. The SMILES string of the molecule is CC(C)(C)CNCCCCC(=N)N. The van der Waals surface area contributed by atoms with Crippen molar-refractivity contribution < 1.29 is 0 Å². The molecule has 3 nitrogen and oxygen atoms in total. The van der Waals surface area contributed by atoms with E-state index >= 15 is 0 Å². The quantitative estimate of drug-likeness (QED) is 0.335. The largest absolute Gasteiger partial charge is 0.388 e. The van der Waals surface area contributed by atoms with Crippen LogP contribution in [0.3, 0.4) is 0 Å². The summed E-state index contributed by atoms with van der Waals surface area (Å²) >= 11 is 0. The third-order valence-corrected chi connectivity index (χ3v) is 1.70. The highest BCUT2D eigenvalue weighted by atomic mass is 14.9. The van der Waals surface area contributed by atoms with Crippen LogP contribution in [-0.4, -0.2) is 18.9 Å². The second kappa shape index (κ2) is 5.97. The molecule has 0 aromatic carbocycles. The molecule has 0 radical (unpaired) electrons. The van der Waals surface area contributed by atoms with Crippen molar-refractivity contribution in [3.8, 4) is 0 Å². The standard InChI is InChI=1S/C10H23N3/c1-10(2,3)8-13-7-5-4-6-9(11)12/h13H,4-8H2,1-3H3,(H3,11,12). The molecule has 78 valence electrons. The number of nitrogens with two attached hydrogens (primary N) is 1. The number of amidine groups is 1.